The van der Waals surface area contributed by atoms with Gasteiger partial charge in [-0.3, -0.25) is 0 Å². The molecule has 5 heteroatoms. The second-order valence-electron chi connectivity index (χ2n) is 7.77. The number of carbonyl (C=O) groups is 1. The fourth-order valence-corrected chi connectivity index (χ4v) is 4.75. The van der Waals surface area contributed by atoms with Gasteiger partial charge in [-0.05, 0) is 69.7 Å². The summed E-state index contributed by atoms with van der Waals surface area (Å²) < 4.78 is 10.9. The Balaban J connectivity index is 1.34. The summed E-state index contributed by atoms with van der Waals surface area (Å²) in [4.78, 5) is 16.5. The molecule has 1 amide bonds. The zero-order valence-electron chi connectivity index (χ0n) is 16.2. The van der Waals surface area contributed by atoms with Crippen molar-refractivity contribution in [3.05, 3.63) is 36.1 Å². The van der Waals surface area contributed by atoms with Crippen LogP contribution in [0.25, 0.3) is 11.0 Å². The third kappa shape index (κ3) is 3.98. The Kier molecular flexibility index (Phi) is 5.67. The average Bonchev–Trinajstić information content (AvgIpc) is 3.04. The van der Waals surface area contributed by atoms with E-state index in [4.69, 9.17) is 9.15 Å². The van der Waals surface area contributed by atoms with Gasteiger partial charge in [0, 0.05) is 24.5 Å². The Hall–Kier alpha value is -2.01. The first-order valence-corrected chi connectivity index (χ1v) is 10.4. The van der Waals surface area contributed by atoms with Crippen molar-refractivity contribution in [3.63, 3.8) is 0 Å². The van der Waals surface area contributed by atoms with E-state index in [9.17, 15) is 4.79 Å². The van der Waals surface area contributed by atoms with Crippen LogP contribution in [0.15, 0.2) is 34.9 Å². The molecular formula is C22H30N2O3. The molecule has 5 nitrogen and oxygen atoms in total. The van der Waals surface area contributed by atoms with Crippen LogP contribution in [0.5, 0.6) is 0 Å². The third-order valence-electron chi connectivity index (χ3n) is 6.22. The van der Waals surface area contributed by atoms with Crippen LogP contribution in [0.2, 0.25) is 0 Å². The summed E-state index contributed by atoms with van der Waals surface area (Å²) in [7, 11) is 0. The molecule has 0 radical (unpaired) electrons. The largest absolute Gasteiger partial charge is 0.464 e. The molecule has 3 heterocycles. The maximum absolute atomic E-state index is 12.0. The molecule has 0 saturated carbocycles. The molecule has 2 saturated heterocycles. The number of rotatable bonds is 3. The summed E-state index contributed by atoms with van der Waals surface area (Å²) in [5.41, 5.74) is 2.43. The fourth-order valence-electron chi connectivity index (χ4n) is 4.75. The summed E-state index contributed by atoms with van der Waals surface area (Å²) in [6, 6.07) is 9.14. The SMILES string of the molecule is CCOC(=O)N1CCCC(N2CCC(c3cccc4ccoc34)CC2)CC1. The highest BCUT2D eigenvalue weighted by Crippen LogP contribution is 2.34. The van der Waals surface area contributed by atoms with E-state index in [0.29, 0.717) is 18.6 Å². The molecule has 1 atom stereocenters. The Bertz CT molecular complexity index is 764. The van der Waals surface area contributed by atoms with Gasteiger partial charge in [0.2, 0.25) is 0 Å². The first kappa shape index (κ1) is 18.4. The van der Waals surface area contributed by atoms with Crippen molar-refractivity contribution in [2.24, 2.45) is 0 Å². The van der Waals surface area contributed by atoms with Crippen LogP contribution >= 0.6 is 0 Å². The molecule has 1 unspecified atom stereocenters. The first-order valence-electron chi connectivity index (χ1n) is 10.4. The molecule has 0 aliphatic carbocycles. The van der Waals surface area contributed by atoms with E-state index < -0.39 is 0 Å². The van der Waals surface area contributed by atoms with E-state index in [0.717, 1.165) is 44.6 Å². The number of furan rings is 1. The summed E-state index contributed by atoms with van der Waals surface area (Å²) >= 11 is 0. The molecule has 2 fully saturated rings. The standard InChI is InChI=1S/C22H30N2O3/c1-2-26-22(25)24-12-4-6-19(10-15-24)23-13-8-17(9-14-23)20-7-3-5-18-11-16-27-21(18)20/h3,5,7,11,16-17,19H,2,4,6,8-10,12-15H2,1H3. The second-order valence-corrected chi connectivity index (χ2v) is 7.77. The fraction of sp³-hybridized carbons (Fsp3) is 0.591. The minimum absolute atomic E-state index is 0.150. The van der Waals surface area contributed by atoms with Gasteiger partial charge in [0.25, 0.3) is 0 Å². The third-order valence-corrected chi connectivity index (χ3v) is 6.22. The van der Waals surface area contributed by atoms with Crippen molar-refractivity contribution in [2.45, 2.75) is 51.0 Å². The lowest BCUT2D eigenvalue weighted by atomic mass is 9.87. The number of nitrogens with zero attached hydrogens (tertiary/aromatic N) is 2. The van der Waals surface area contributed by atoms with Gasteiger partial charge < -0.3 is 19.0 Å². The highest BCUT2D eigenvalue weighted by Gasteiger charge is 2.29. The molecule has 2 aliphatic rings. The molecular weight excluding hydrogens is 340 g/mol. The van der Waals surface area contributed by atoms with Crippen LogP contribution in [0.4, 0.5) is 4.79 Å². The van der Waals surface area contributed by atoms with Crippen LogP contribution in [0.3, 0.4) is 0 Å². The zero-order valence-corrected chi connectivity index (χ0v) is 16.2. The quantitative estimate of drug-likeness (QED) is 0.791. The molecule has 2 aliphatic heterocycles. The number of likely N-dealkylation sites (tertiary alicyclic amines) is 2. The number of carbonyl (C=O) groups excluding carboxylic acids is 1. The predicted octanol–water partition coefficient (Wildman–Crippen LogP) is 4.62. The van der Waals surface area contributed by atoms with E-state index in [1.807, 2.05) is 11.8 Å². The van der Waals surface area contributed by atoms with Crippen LogP contribution < -0.4 is 0 Å². The van der Waals surface area contributed by atoms with Crippen molar-refractivity contribution in [2.75, 3.05) is 32.8 Å². The molecule has 1 aromatic heterocycles. The molecule has 4 rings (SSSR count). The summed E-state index contributed by atoms with van der Waals surface area (Å²) in [5, 5.41) is 1.21. The Morgan fingerprint density at radius 2 is 1.96 bits per heavy atom. The van der Waals surface area contributed by atoms with E-state index in [2.05, 4.69) is 29.2 Å². The van der Waals surface area contributed by atoms with Crippen molar-refractivity contribution < 1.29 is 13.9 Å². The maximum Gasteiger partial charge on any atom is 0.409 e. The normalized spacial score (nSPS) is 22.7. The van der Waals surface area contributed by atoms with Crippen molar-refractivity contribution in [3.8, 4) is 0 Å². The Morgan fingerprint density at radius 1 is 1.11 bits per heavy atom. The van der Waals surface area contributed by atoms with E-state index >= 15 is 0 Å². The number of amides is 1. The van der Waals surface area contributed by atoms with E-state index in [1.165, 1.54) is 30.2 Å². The number of piperidine rings is 1. The van der Waals surface area contributed by atoms with Crippen molar-refractivity contribution in [1.29, 1.82) is 0 Å². The smallest absolute Gasteiger partial charge is 0.409 e. The van der Waals surface area contributed by atoms with E-state index in [-0.39, 0.29) is 6.09 Å². The first-order chi connectivity index (χ1) is 13.3. The monoisotopic (exact) mass is 370 g/mol. The number of hydrogen-bond acceptors (Lipinski definition) is 4. The van der Waals surface area contributed by atoms with Gasteiger partial charge in [-0.25, -0.2) is 4.79 Å². The van der Waals surface area contributed by atoms with Crippen LogP contribution in [0, 0.1) is 0 Å². The van der Waals surface area contributed by atoms with Crippen molar-refractivity contribution >= 4 is 17.1 Å². The minimum atomic E-state index is -0.150. The van der Waals surface area contributed by atoms with Crippen molar-refractivity contribution in [1.82, 2.24) is 9.80 Å². The number of fused-ring (bicyclic) bond motifs is 1. The second kappa shape index (κ2) is 8.34. The predicted molar refractivity (Wildman–Crippen MR) is 106 cm³/mol. The van der Waals surface area contributed by atoms with Gasteiger partial charge in [-0.2, -0.15) is 0 Å². The van der Waals surface area contributed by atoms with Crippen LogP contribution in [-0.2, 0) is 4.74 Å². The molecule has 2 aromatic rings. The highest BCUT2D eigenvalue weighted by molar-refractivity contribution is 5.80. The van der Waals surface area contributed by atoms with Gasteiger partial charge in [-0.1, -0.05) is 18.2 Å². The average molecular weight is 370 g/mol. The van der Waals surface area contributed by atoms with Crippen LogP contribution in [0.1, 0.15) is 50.5 Å². The van der Waals surface area contributed by atoms with Gasteiger partial charge in [0.1, 0.15) is 5.58 Å². The number of benzene rings is 1. The molecule has 0 spiro atoms. The molecule has 27 heavy (non-hydrogen) atoms. The van der Waals surface area contributed by atoms with E-state index in [1.54, 1.807) is 6.26 Å². The maximum atomic E-state index is 12.0. The topological polar surface area (TPSA) is 45.9 Å². The van der Waals surface area contributed by atoms with Gasteiger partial charge >= 0.3 is 6.09 Å². The number of ether oxygens (including phenoxy) is 1. The zero-order chi connectivity index (χ0) is 18.6. The summed E-state index contributed by atoms with van der Waals surface area (Å²) in [6.07, 6.45) is 7.30. The van der Waals surface area contributed by atoms with Gasteiger partial charge in [0.05, 0.1) is 12.9 Å². The lowest BCUT2D eigenvalue weighted by Crippen LogP contribution is -2.41. The van der Waals surface area contributed by atoms with Gasteiger partial charge in [0.15, 0.2) is 0 Å². The molecule has 0 bridgehead atoms. The molecule has 0 N–H and O–H groups in total. The number of hydrogen-bond donors (Lipinski definition) is 0. The lowest BCUT2D eigenvalue weighted by Gasteiger charge is -2.37. The molecule has 146 valence electrons. The number of para-hydroxylation sites is 1. The minimum Gasteiger partial charge on any atom is -0.464 e. The summed E-state index contributed by atoms with van der Waals surface area (Å²) in [6.45, 7) is 6.22. The Labute approximate surface area is 161 Å². The summed E-state index contributed by atoms with van der Waals surface area (Å²) in [5.74, 6) is 0.581. The highest BCUT2D eigenvalue weighted by atomic mass is 16.6. The van der Waals surface area contributed by atoms with Crippen LogP contribution in [-0.4, -0.2) is 54.7 Å². The van der Waals surface area contributed by atoms with Gasteiger partial charge in [-0.15, -0.1) is 0 Å². The lowest BCUT2D eigenvalue weighted by molar-refractivity contribution is 0.105. The molecule has 1 aromatic carbocycles. The Morgan fingerprint density at radius 3 is 2.78 bits per heavy atom.